The molecular weight excluding hydrogens is 232 g/mol. The van der Waals surface area contributed by atoms with E-state index >= 15 is 0 Å². The molecular formula is C18H26O. The van der Waals surface area contributed by atoms with Crippen LogP contribution in [0.1, 0.15) is 51.2 Å². The predicted octanol–water partition coefficient (Wildman–Crippen LogP) is 4.57. The molecule has 19 heavy (non-hydrogen) atoms. The fraction of sp³-hybridized carbons (Fsp3) is 0.611. The zero-order valence-corrected chi connectivity index (χ0v) is 12.7. The summed E-state index contributed by atoms with van der Waals surface area (Å²) in [6.07, 6.45) is 4.25. The Morgan fingerprint density at radius 1 is 1.37 bits per heavy atom. The fourth-order valence-electron chi connectivity index (χ4n) is 3.86. The summed E-state index contributed by atoms with van der Waals surface area (Å²) in [5, 5.41) is 0. The summed E-state index contributed by atoms with van der Waals surface area (Å²) in [6.45, 7) is 8.86. The maximum atomic E-state index is 12.7. The minimum absolute atomic E-state index is 0.165. The number of ketones is 1. The average molecular weight is 258 g/mol. The van der Waals surface area contributed by atoms with E-state index in [-0.39, 0.29) is 11.3 Å². The summed E-state index contributed by atoms with van der Waals surface area (Å²) < 4.78 is 0. The van der Waals surface area contributed by atoms with Gasteiger partial charge in [0.2, 0.25) is 0 Å². The number of aryl methyl sites for hydroxylation is 1. The summed E-state index contributed by atoms with van der Waals surface area (Å²) in [4.78, 5) is 12.7. The van der Waals surface area contributed by atoms with Crippen molar-refractivity contribution in [2.24, 2.45) is 17.3 Å². The number of hydrogen-bond acceptors (Lipinski definition) is 1. The molecule has 1 aliphatic carbocycles. The molecule has 1 unspecified atom stereocenters. The number of benzene rings is 1. The van der Waals surface area contributed by atoms with E-state index in [9.17, 15) is 4.79 Å². The van der Waals surface area contributed by atoms with Crippen LogP contribution >= 0.6 is 0 Å². The van der Waals surface area contributed by atoms with Gasteiger partial charge in [0, 0.05) is 12.3 Å². The van der Waals surface area contributed by atoms with E-state index in [0.717, 1.165) is 0 Å². The van der Waals surface area contributed by atoms with Crippen molar-refractivity contribution in [1.29, 1.82) is 0 Å². The number of hydrogen-bond donors (Lipinski definition) is 0. The molecule has 1 aromatic carbocycles. The topological polar surface area (TPSA) is 17.1 Å². The van der Waals surface area contributed by atoms with Crippen LogP contribution in [0, 0.1) is 24.2 Å². The third-order valence-electron chi connectivity index (χ3n) is 4.70. The van der Waals surface area contributed by atoms with Gasteiger partial charge in [-0.3, -0.25) is 4.79 Å². The van der Waals surface area contributed by atoms with E-state index in [4.69, 9.17) is 0 Å². The molecule has 0 heterocycles. The molecule has 1 aliphatic rings. The summed E-state index contributed by atoms with van der Waals surface area (Å²) >= 11 is 0. The maximum absolute atomic E-state index is 12.7. The van der Waals surface area contributed by atoms with Gasteiger partial charge in [-0.1, -0.05) is 57.0 Å². The number of rotatable bonds is 3. The molecule has 1 nitrogen and oxygen atoms in total. The first-order valence-corrected chi connectivity index (χ1v) is 7.48. The normalized spacial score (nSPS) is 26.1. The second kappa shape index (κ2) is 5.48. The van der Waals surface area contributed by atoms with Gasteiger partial charge in [-0.25, -0.2) is 0 Å². The number of carbonyl (C=O) groups excluding carboxylic acids is 1. The minimum atomic E-state index is 0.165. The van der Waals surface area contributed by atoms with E-state index in [1.807, 2.05) is 6.07 Å². The number of Topliss-reactive ketones (excluding diaryl/α,β-unsaturated/α-hetero) is 1. The molecule has 1 saturated carbocycles. The first kappa shape index (κ1) is 14.3. The molecule has 1 aromatic rings. The van der Waals surface area contributed by atoms with Crippen molar-refractivity contribution in [2.75, 3.05) is 0 Å². The average Bonchev–Trinajstić information content (AvgIpc) is 2.27. The predicted molar refractivity (Wildman–Crippen MR) is 80.2 cm³/mol. The Hall–Kier alpha value is -1.11. The Bertz CT molecular complexity index is 459. The highest BCUT2D eigenvalue weighted by molar-refractivity contribution is 5.84. The summed E-state index contributed by atoms with van der Waals surface area (Å²) in [7, 11) is 0. The lowest BCUT2D eigenvalue weighted by atomic mass is 9.62. The van der Waals surface area contributed by atoms with Crippen molar-refractivity contribution in [3.05, 3.63) is 35.4 Å². The highest BCUT2D eigenvalue weighted by atomic mass is 16.1. The van der Waals surface area contributed by atoms with Gasteiger partial charge in [-0.15, -0.1) is 0 Å². The standard InChI is InChI=1S/C18H26O/c1-13-7-5-9-15(11-13)12-16(19)17-14(2)8-6-10-18(17,3)4/h5,7,9,11,14,17H,6,8,10,12H2,1-4H3/t14?,17-/m1/s1. The Labute approximate surface area is 117 Å². The van der Waals surface area contributed by atoms with Crippen molar-refractivity contribution in [1.82, 2.24) is 0 Å². The van der Waals surface area contributed by atoms with Crippen LogP contribution in [0.5, 0.6) is 0 Å². The largest absolute Gasteiger partial charge is 0.299 e. The van der Waals surface area contributed by atoms with Crippen LogP contribution in [-0.4, -0.2) is 5.78 Å². The molecule has 1 fully saturated rings. The maximum Gasteiger partial charge on any atom is 0.141 e. The fourth-order valence-corrected chi connectivity index (χ4v) is 3.86. The Kier molecular flexibility index (Phi) is 4.13. The van der Waals surface area contributed by atoms with Crippen LogP contribution in [0.2, 0.25) is 0 Å². The van der Waals surface area contributed by atoms with Crippen LogP contribution in [0.25, 0.3) is 0 Å². The highest BCUT2D eigenvalue weighted by Gasteiger charge is 2.40. The van der Waals surface area contributed by atoms with Gasteiger partial charge in [0.05, 0.1) is 0 Å². The van der Waals surface area contributed by atoms with Gasteiger partial charge in [0.15, 0.2) is 0 Å². The Morgan fingerprint density at radius 3 is 2.74 bits per heavy atom. The van der Waals surface area contributed by atoms with E-state index in [0.29, 0.717) is 18.1 Å². The van der Waals surface area contributed by atoms with Crippen LogP contribution in [0.3, 0.4) is 0 Å². The van der Waals surface area contributed by atoms with Gasteiger partial charge in [0.1, 0.15) is 5.78 Å². The van der Waals surface area contributed by atoms with Crippen LogP contribution < -0.4 is 0 Å². The van der Waals surface area contributed by atoms with Crippen LogP contribution in [-0.2, 0) is 11.2 Å². The van der Waals surface area contributed by atoms with Gasteiger partial charge < -0.3 is 0 Å². The second-order valence-corrected chi connectivity index (χ2v) is 6.97. The molecule has 0 amide bonds. The summed E-state index contributed by atoms with van der Waals surface area (Å²) in [6, 6.07) is 8.35. The smallest absolute Gasteiger partial charge is 0.141 e. The van der Waals surface area contributed by atoms with E-state index in [1.54, 1.807) is 0 Å². The first-order valence-electron chi connectivity index (χ1n) is 7.48. The summed E-state index contributed by atoms with van der Waals surface area (Å²) in [5.74, 6) is 1.19. The van der Waals surface area contributed by atoms with Gasteiger partial charge in [-0.05, 0) is 36.7 Å². The molecule has 0 spiro atoms. The molecule has 0 saturated heterocycles. The van der Waals surface area contributed by atoms with Gasteiger partial charge in [-0.2, -0.15) is 0 Å². The minimum Gasteiger partial charge on any atom is -0.299 e. The molecule has 0 N–H and O–H groups in total. The zero-order valence-electron chi connectivity index (χ0n) is 12.7. The van der Waals surface area contributed by atoms with E-state index in [1.165, 1.54) is 30.4 Å². The Morgan fingerprint density at radius 2 is 2.11 bits per heavy atom. The third kappa shape index (κ3) is 3.26. The molecule has 0 aliphatic heterocycles. The van der Waals surface area contributed by atoms with E-state index in [2.05, 4.69) is 45.9 Å². The third-order valence-corrected chi connectivity index (χ3v) is 4.70. The molecule has 0 radical (unpaired) electrons. The SMILES string of the molecule is Cc1cccc(CC(=O)[C@H]2C(C)CCCC2(C)C)c1. The lowest BCUT2D eigenvalue weighted by Gasteiger charge is -2.42. The number of carbonyl (C=O) groups is 1. The zero-order chi connectivity index (χ0) is 14.0. The molecule has 104 valence electrons. The molecule has 1 heteroatoms. The molecule has 0 bridgehead atoms. The highest BCUT2D eigenvalue weighted by Crippen LogP contribution is 2.44. The van der Waals surface area contributed by atoms with Crippen molar-refractivity contribution >= 4 is 5.78 Å². The monoisotopic (exact) mass is 258 g/mol. The van der Waals surface area contributed by atoms with Crippen molar-refractivity contribution in [3.63, 3.8) is 0 Å². The molecule has 2 atom stereocenters. The second-order valence-electron chi connectivity index (χ2n) is 6.97. The van der Waals surface area contributed by atoms with Crippen molar-refractivity contribution in [2.45, 2.75) is 53.4 Å². The Balaban J connectivity index is 2.14. The van der Waals surface area contributed by atoms with E-state index < -0.39 is 0 Å². The lowest BCUT2D eigenvalue weighted by molar-refractivity contribution is -0.129. The van der Waals surface area contributed by atoms with Gasteiger partial charge >= 0.3 is 0 Å². The summed E-state index contributed by atoms with van der Waals surface area (Å²) in [5.41, 5.74) is 2.57. The first-order chi connectivity index (χ1) is 8.90. The van der Waals surface area contributed by atoms with Crippen molar-refractivity contribution < 1.29 is 4.79 Å². The quantitative estimate of drug-likeness (QED) is 0.776. The van der Waals surface area contributed by atoms with Gasteiger partial charge in [0.25, 0.3) is 0 Å². The van der Waals surface area contributed by atoms with Crippen LogP contribution in [0.4, 0.5) is 0 Å². The molecule has 2 rings (SSSR count). The van der Waals surface area contributed by atoms with Crippen molar-refractivity contribution in [3.8, 4) is 0 Å². The van der Waals surface area contributed by atoms with Crippen LogP contribution in [0.15, 0.2) is 24.3 Å². The molecule has 0 aromatic heterocycles. The lowest BCUT2D eigenvalue weighted by Crippen LogP contribution is -2.40.